The smallest absolute Gasteiger partial charge is 0.269 e. The van der Waals surface area contributed by atoms with Gasteiger partial charge in [0.05, 0.1) is 22.7 Å². The van der Waals surface area contributed by atoms with E-state index in [-0.39, 0.29) is 0 Å². The van der Waals surface area contributed by atoms with Crippen LogP contribution in [0.1, 0.15) is 31.7 Å². The Morgan fingerprint density at radius 3 is 2.71 bits per heavy atom. The Morgan fingerprint density at radius 1 is 1.14 bits per heavy atom. The van der Waals surface area contributed by atoms with E-state index < -0.39 is 10.0 Å². The third-order valence-corrected chi connectivity index (χ3v) is 7.81. The molecule has 0 saturated carbocycles. The van der Waals surface area contributed by atoms with Crippen molar-refractivity contribution in [3.8, 4) is 17.0 Å². The molecule has 0 radical (unpaired) electrons. The molecule has 0 bridgehead atoms. The lowest BCUT2D eigenvalue weighted by molar-refractivity contribution is 0.340. The molecule has 0 N–H and O–H groups in total. The normalized spacial score (nSPS) is 20.4. The fourth-order valence-electron chi connectivity index (χ4n) is 4.78. The van der Waals surface area contributed by atoms with Crippen LogP contribution < -0.4 is 4.74 Å². The zero-order valence-electron chi connectivity index (χ0n) is 16.2. The Morgan fingerprint density at radius 2 is 1.96 bits per heavy atom. The van der Waals surface area contributed by atoms with Gasteiger partial charge in [-0.3, -0.25) is 0 Å². The lowest BCUT2D eigenvalue weighted by Gasteiger charge is -2.14. The molecule has 1 aromatic heterocycles. The second-order valence-corrected chi connectivity index (χ2v) is 9.27. The van der Waals surface area contributed by atoms with E-state index >= 15 is 0 Å². The van der Waals surface area contributed by atoms with Gasteiger partial charge in [0.25, 0.3) is 10.0 Å². The number of hydrogen-bond donors (Lipinski definition) is 0. The van der Waals surface area contributed by atoms with Crippen LogP contribution in [0.3, 0.4) is 0 Å². The molecular formula is C22H24N2O3S. The van der Waals surface area contributed by atoms with Crippen LogP contribution in [0, 0.1) is 0 Å². The van der Waals surface area contributed by atoms with Crippen molar-refractivity contribution in [1.29, 1.82) is 0 Å². The van der Waals surface area contributed by atoms with E-state index in [0.717, 1.165) is 59.5 Å². The van der Waals surface area contributed by atoms with Crippen molar-refractivity contribution in [2.75, 3.05) is 26.2 Å². The fourth-order valence-corrected chi connectivity index (χ4v) is 6.53. The van der Waals surface area contributed by atoms with Gasteiger partial charge in [-0.15, -0.1) is 0 Å². The first-order valence-electron chi connectivity index (χ1n) is 9.94. The molecule has 1 fully saturated rings. The van der Waals surface area contributed by atoms with Crippen molar-refractivity contribution in [2.24, 2.45) is 0 Å². The number of likely N-dealkylation sites (tertiary alicyclic amines) is 1. The number of benzene rings is 2. The molecule has 6 heteroatoms. The predicted molar refractivity (Wildman–Crippen MR) is 111 cm³/mol. The third-order valence-electron chi connectivity index (χ3n) is 6.03. The van der Waals surface area contributed by atoms with Crippen molar-refractivity contribution >= 4 is 20.9 Å². The molecule has 3 heterocycles. The number of fused-ring (bicyclic) bond motifs is 5. The van der Waals surface area contributed by atoms with Gasteiger partial charge in [-0.05, 0) is 56.3 Å². The SMILES string of the molecule is CCOc1ccc2c(c1)c([C@@H]1CCN(CC)C1)c1n2S(=O)(=O)c2ccccc2-1. The summed E-state index contributed by atoms with van der Waals surface area (Å²) in [5.74, 6) is 1.11. The molecule has 0 amide bonds. The Kier molecular flexibility index (Phi) is 4.03. The molecule has 1 saturated heterocycles. The summed E-state index contributed by atoms with van der Waals surface area (Å²) in [5.41, 5.74) is 3.57. The van der Waals surface area contributed by atoms with Gasteiger partial charge in [0.1, 0.15) is 5.75 Å². The molecular weight excluding hydrogens is 372 g/mol. The van der Waals surface area contributed by atoms with E-state index in [4.69, 9.17) is 4.74 Å². The highest BCUT2D eigenvalue weighted by Gasteiger charge is 2.39. The van der Waals surface area contributed by atoms with Crippen LogP contribution >= 0.6 is 0 Å². The maximum Gasteiger partial charge on any atom is 0.269 e. The zero-order valence-corrected chi connectivity index (χ0v) is 17.0. The van der Waals surface area contributed by atoms with Crippen LogP contribution in [0.5, 0.6) is 5.75 Å². The monoisotopic (exact) mass is 396 g/mol. The molecule has 0 unspecified atom stereocenters. The minimum atomic E-state index is -3.58. The first kappa shape index (κ1) is 17.8. The van der Waals surface area contributed by atoms with Crippen LogP contribution in [0.2, 0.25) is 0 Å². The highest BCUT2D eigenvalue weighted by atomic mass is 32.2. The number of aromatic nitrogens is 1. The summed E-state index contributed by atoms with van der Waals surface area (Å²) in [6, 6.07) is 13.2. The van der Waals surface area contributed by atoms with Crippen LogP contribution in [-0.4, -0.2) is 43.5 Å². The van der Waals surface area contributed by atoms with Crippen molar-refractivity contribution in [3.05, 3.63) is 48.0 Å². The van der Waals surface area contributed by atoms with Crippen LogP contribution in [0.15, 0.2) is 47.4 Å². The summed E-state index contributed by atoms with van der Waals surface area (Å²) in [4.78, 5) is 2.84. The van der Waals surface area contributed by atoms with Crippen molar-refractivity contribution in [2.45, 2.75) is 31.1 Å². The Labute approximate surface area is 165 Å². The second kappa shape index (κ2) is 6.36. The summed E-state index contributed by atoms with van der Waals surface area (Å²) in [5, 5.41) is 1.00. The molecule has 2 aliphatic rings. The Bertz CT molecular complexity index is 1180. The van der Waals surface area contributed by atoms with Gasteiger partial charge in [0.15, 0.2) is 0 Å². The first-order chi connectivity index (χ1) is 13.6. The number of nitrogens with zero attached hydrogens (tertiary/aromatic N) is 2. The first-order valence-corrected chi connectivity index (χ1v) is 11.4. The zero-order chi connectivity index (χ0) is 19.5. The van der Waals surface area contributed by atoms with Gasteiger partial charge in [0.2, 0.25) is 0 Å². The van der Waals surface area contributed by atoms with Crippen molar-refractivity contribution < 1.29 is 13.2 Å². The van der Waals surface area contributed by atoms with E-state index in [1.807, 2.05) is 37.3 Å². The quantitative estimate of drug-likeness (QED) is 0.522. The Hall–Kier alpha value is -2.31. The lowest BCUT2D eigenvalue weighted by Crippen LogP contribution is -2.19. The summed E-state index contributed by atoms with van der Waals surface area (Å²) < 4.78 is 34.0. The van der Waals surface area contributed by atoms with E-state index in [0.29, 0.717) is 17.4 Å². The van der Waals surface area contributed by atoms with Gasteiger partial charge in [-0.2, -0.15) is 0 Å². The highest BCUT2D eigenvalue weighted by Crippen LogP contribution is 2.49. The number of hydrogen-bond acceptors (Lipinski definition) is 4. The summed E-state index contributed by atoms with van der Waals surface area (Å²) >= 11 is 0. The second-order valence-electron chi connectivity index (χ2n) is 7.52. The van der Waals surface area contributed by atoms with Crippen LogP contribution in [0.4, 0.5) is 0 Å². The van der Waals surface area contributed by atoms with Crippen molar-refractivity contribution in [1.82, 2.24) is 8.87 Å². The summed E-state index contributed by atoms with van der Waals surface area (Å²) in [6.07, 6.45) is 1.04. The minimum absolute atomic E-state index is 0.317. The molecule has 2 aromatic carbocycles. The number of likely N-dealkylation sites (N-methyl/N-ethyl adjacent to an activating group) is 1. The van der Waals surface area contributed by atoms with E-state index in [1.165, 1.54) is 0 Å². The molecule has 5 rings (SSSR count). The van der Waals surface area contributed by atoms with Gasteiger partial charge in [-0.25, -0.2) is 12.4 Å². The summed E-state index contributed by atoms with van der Waals surface area (Å²) in [6.45, 7) is 7.75. The van der Waals surface area contributed by atoms with Gasteiger partial charge in [-0.1, -0.05) is 25.1 Å². The van der Waals surface area contributed by atoms with Crippen LogP contribution in [-0.2, 0) is 10.0 Å². The minimum Gasteiger partial charge on any atom is -0.494 e. The molecule has 3 aromatic rings. The number of rotatable bonds is 4. The largest absolute Gasteiger partial charge is 0.494 e. The van der Waals surface area contributed by atoms with Crippen molar-refractivity contribution in [3.63, 3.8) is 0 Å². The molecule has 0 spiro atoms. The third kappa shape index (κ3) is 2.37. The molecule has 28 heavy (non-hydrogen) atoms. The average Bonchev–Trinajstić information content (AvgIpc) is 3.35. The fraction of sp³-hybridized carbons (Fsp3) is 0.364. The van der Waals surface area contributed by atoms with Gasteiger partial charge in [0, 0.05) is 23.4 Å². The standard InChI is InChI=1S/C22H24N2O3S/c1-3-23-12-11-15(14-23)21-18-13-16(27-4-2)9-10-19(18)24-22(21)17-7-5-6-8-20(17)28(24,25)26/h5-10,13,15H,3-4,11-12,14H2,1-2H3/t15-/m1/s1. The Balaban J connectivity index is 1.84. The van der Waals surface area contributed by atoms with Crippen LogP contribution in [0.25, 0.3) is 22.2 Å². The van der Waals surface area contributed by atoms with E-state index in [9.17, 15) is 8.42 Å². The molecule has 5 nitrogen and oxygen atoms in total. The topological polar surface area (TPSA) is 51.5 Å². The maximum absolute atomic E-state index is 13.4. The predicted octanol–water partition coefficient (Wildman–Crippen LogP) is 4.07. The maximum atomic E-state index is 13.4. The van der Waals surface area contributed by atoms with E-state index in [2.05, 4.69) is 11.8 Å². The molecule has 146 valence electrons. The molecule has 1 atom stereocenters. The highest BCUT2D eigenvalue weighted by molar-refractivity contribution is 7.90. The number of ether oxygens (including phenoxy) is 1. The average molecular weight is 397 g/mol. The van der Waals surface area contributed by atoms with E-state index in [1.54, 1.807) is 16.1 Å². The molecule has 2 aliphatic heterocycles. The molecule has 0 aliphatic carbocycles. The summed E-state index contributed by atoms with van der Waals surface area (Å²) in [7, 11) is -3.58. The van der Waals surface area contributed by atoms with Gasteiger partial charge < -0.3 is 9.64 Å². The lowest BCUT2D eigenvalue weighted by atomic mass is 9.92. The van der Waals surface area contributed by atoms with Gasteiger partial charge >= 0.3 is 0 Å².